The van der Waals surface area contributed by atoms with Crippen molar-refractivity contribution >= 4 is 5.57 Å². The molecule has 0 spiro atoms. The summed E-state index contributed by atoms with van der Waals surface area (Å²) < 4.78 is 38.2. The lowest BCUT2D eigenvalue weighted by atomic mass is 9.83. The molecule has 1 aromatic carbocycles. The second-order valence-electron chi connectivity index (χ2n) is 7.14. The van der Waals surface area contributed by atoms with E-state index in [-0.39, 0.29) is 0 Å². The molecule has 2 nitrogen and oxygen atoms in total. The second kappa shape index (κ2) is 6.88. The zero-order valence-electron chi connectivity index (χ0n) is 14.4. The van der Waals surface area contributed by atoms with Crippen molar-refractivity contribution in [3.63, 3.8) is 0 Å². The Morgan fingerprint density at radius 1 is 1.04 bits per heavy atom. The lowest BCUT2D eigenvalue weighted by Crippen LogP contribution is -2.47. The molecule has 0 saturated carbocycles. The smallest absolute Gasteiger partial charge is 0.289 e. The molecule has 2 unspecified atom stereocenters. The molecule has 0 amide bonds. The van der Waals surface area contributed by atoms with E-state index in [9.17, 15) is 13.2 Å². The number of benzene rings is 1. The lowest BCUT2D eigenvalue weighted by molar-refractivity contribution is -0.141. The average Bonchev–Trinajstić information content (AvgIpc) is 2.62. The van der Waals surface area contributed by atoms with Crippen molar-refractivity contribution in [2.24, 2.45) is 0 Å². The predicted molar refractivity (Wildman–Crippen MR) is 95.2 cm³/mol. The summed E-state index contributed by atoms with van der Waals surface area (Å²) in [5.74, 6) is 0. The summed E-state index contributed by atoms with van der Waals surface area (Å²) in [5.41, 5.74) is 2.42. The fourth-order valence-electron chi connectivity index (χ4n) is 4.12. The number of hydrogen-bond donors (Lipinski definition) is 0. The van der Waals surface area contributed by atoms with Crippen molar-refractivity contribution in [3.8, 4) is 0 Å². The summed E-state index contributed by atoms with van der Waals surface area (Å²) in [4.78, 5) is 6.17. The van der Waals surface area contributed by atoms with Crippen LogP contribution in [-0.2, 0) is 12.7 Å². The Balaban J connectivity index is 1.56. The van der Waals surface area contributed by atoms with Crippen LogP contribution >= 0.6 is 0 Å². The second-order valence-corrected chi connectivity index (χ2v) is 7.14. The van der Waals surface area contributed by atoms with Gasteiger partial charge < -0.3 is 0 Å². The maximum atomic E-state index is 12.7. The SMILES string of the molecule is FC(F)(F)c1ccc(C2=CC3CCCC(C2)N3Cc2ccccc2)cn1. The third-order valence-electron chi connectivity index (χ3n) is 5.41. The van der Waals surface area contributed by atoms with Gasteiger partial charge in [0.2, 0.25) is 0 Å². The third-order valence-corrected chi connectivity index (χ3v) is 5.41. The molecule has 2 aromatic rings. The number of alkyl halides is 3. The number of rotatable bonds is 3. The highest BCUT2D eigenvalue weighted by atomic mass is 19.4. The minimum absolute atomic E-state index is 0.347. The summed E-state index contributed by atoms with van der Waals surface area (Å²) >= 11 is 0. The van der Waals surface area contributed by atoms with Gasteiger partial charge in [-0.1, -0.05) is 48.9 Å². The van der Waals surface area contributed by atoms with E-state index in [2.05, 4.69) is 40.2 Å². The fourth-order valence-corrected chi connectivity index (χ4v) is 4.12. The number of pyridine rings is 1. The van der Waals surface area contributed by atoms with Crippen LogP contribution in [0.5, 0.6) is 0 Å². The highest BCUT2D eigenvalue weighted by molar-refractivity contribution is 5.67. The van der Waals surface area contributed by atoms with Gasteiger partial charge in [-0.3, -0.25) is 9.88 Å². The van der Waals surface area contributed by atoms with Gasteiger partial charge in [0.1, 0.15) is 5.69 Å². The first-order chi connectivity index (χ1) is 12.5. The standard InChI is InChI=1S/C21H21F3N2/c22-21(23,24)20-10-9-16(13-25-20)17-11-18-7-4-8-19(12-17)26(18)14-15-5-2-1-3-6-15/h1-3,5-6,9-11,13,18-19H,4,7-8,12,14H2. The Bertz CT molecular complexity index is 781. The molecule has 26 heavy (non-hydrogen) atoms. The van der Waals surface area contributed by atoms with E-state index in [0.29, 0.717) is 12.1 Å². The molecule has 1 aromatic heterocycles. The first-order valence-corrected chi connectivity index (χ1v) is 9.05. The van der Waals surface area contributed by atoms with Crippen LogP contribution in [0.4, 0.5) is 13.2 Å². The molecule has 136 valence electrons. The number of aromatic nitrogens is 1. The van der Waals surface area contributed by atoms with E-state index in [4.69, 9.17) is 0 Å². The van der Waals surface area contributed by atoms with Crippen molar-refractivity contribution in [1.82, 2.24) is 9.88 Å². The number of fused-ring (bicyclic) bond motifs is 2. The van der Waals surface area contributed by atoms with Crippen molar-refractivity contribution < 1.29 is 13.2 Å². The van der Waals surface area contributed by atoms with Gasteiger partial charge in [0.25, 0.3) is 0 Å². The van der Waals surface area contributed by atoms with Crippen LogP contribution in [0.3, 0.4) is 0 Å². The molecular weight excluding hydrogens is 337 g/mol. The highest BCUT2D eigenvalue weighted by Crippen LogP contribution is 2.38. The third kappa shape index (κ3) is 3.54. The Hall–Kier alpha value is -2.14. The maximum absolute atomic E-state index is 12.7. The van der Waals surface area contributed by atoms with Crippen LogP contribution in [-0.4, -0.2) is 22.0 Å². The molecule has 2 atom stereocenters. The first kappa shape index (κ1) is 17.3. The molecule has 3 heterocycles. The maximum Gasteiger partial charge on any atom is 0.433 e. The van der Waals surface area contributed by atoms with Gasteiger partial charge in [0.05, 0.1) is 0 Å². The summed E-state index contributed by atoms with van der Waals surface area (Å²) in [5, 5.41) is 0. The quantitative estimate of drug-likeness (QED) is 0.739. The molecule has 0 aliphatic carbocycles. The van der Waals surface area contributed by atoms with E-state index in [0.717, 1.165) is 43.0 Å². The van der Waals surface area contributed by atoms with Gasteiger partial charge in [-0.15, -0.1) is 0 Å². The van der Waals surface area contributed by atoms with E-state index < -0.39 is 11.9 Å². The number of halogens is 3. The Morgan fingerprint density at radius 2 is 1.85 bits per heavy atom. The first-order valence-electron chi connectivity index (χ1n) is 9.05. The molecule has 1 saturated heterocycles. The van der Waals surface area contributed by atoms with Crippen molar-refractivity contribution in [2.45, 2.75) is 50.5 Å². The largest absolute Gasteiger partial charge is 0.433 e. The van der Waals surface area contributed by atoms with Crippen LogP contribution in [0.25, 0.3) is 5.57 Å². The number of nitrogens with zero attached hydrogens (tertiary/aromatic N) is 2. The Labute approximate surface area is 151 Å². The number of piperidine rings is 1. The van der Waals surface area contributed by atoms with Crippen LogP contribution in [0.15, 0.2) is 54.7 Å². The zero-order valence-corrected chi connectivity index (χ0v) is 14.4. The van der Waals surface area contributed by atoms with Gasteiger partial charge in [-0.05, 0) is 42.0 Å². The van der Waals surface area contributed by atoms with Gasteiger partial charge in [-0.25, -0.2) is 0 Å². The Morgan fingerprint density at radius 3 is 2.50 bits per heavy atom. The minimum Gasteiger partial charge on any atom is -0.289 e. The van der Waals surface area contributed by atoms with Gasteiger partial charge >= 0.3 is 6.18 Å². The van der Waals surface area contributed by atoms with Crippen LogP contribution in [0.2, 0.25) is 0 Å². The molecule has 0 radical (unpaired) electrons. The van der Waals surface area contributed by atoms with Gasteiger partial charge in [0.15, 0.2) is 0 Å². The summed E-state index contributed by atoms with van der Waals surface area (Å²) in [7, 11) is 0. The monoisotopic (exact) mass is 358 g/mol. The predicted octanol–water partition coefficient (Wildman–Crippen LogP) is 5.31. The molecule has 4 rings (SSSR count). The van der Waals surface area contributed by atoms with E-state index in [1.165, 1.54) is 18.2 Å². The average molecular weight is 358 g/mol. The van der Waals surface area contributed by atoms with E-state index in [1.54, 1.807) is 6.07 Å². The fraction of sp³-hybridized carbons (Fsp3) is 0.381. The van der Waals surface area contributed by atoms with Gasteiger partial charge in [0, 0.05) is 24.8 Å². The molecule has 5 heteroatoms. The summed E-state index contributed by atoms with van der Waals surface area (Å²) in [6.45, 7) is 0.922. The van der Waals surface area contributed by atoms with Crippen molar-refractivity contribution in [1.29, 1.82) is 0 Å². The van der Waals surface area contributed by atoms with Crippen molar-refractivity contribution in [3.05, 3.63) is 71.6 Å². The molecule has 1 fully saturated rings. The molecule has 0 N–H and O–H groups in total. The topological polar surface area (TPSA) is 16.1 Å². The van der Waals surface area contributed by atoms with E-state index >= 15 is 0 Å². The molecule has 2 aliphatic rings. The highest BCUT2D eigenvalue weighted by Gasteiger charge is 2.35. The molecular formula is C21H21F3N2. The van der Waals surface area contributed by atoms with E-state index in [1.807, 2.05) is 6.07 Å². The Kier molecular flexibility index (Phi) is 4.57. The number of hydrogen-bond acceptors (Lipinski definition) is 2. The lowest BCUT2D eigenvalue weighted by Gasteiger charge is -2.45. The van der Waals surface area contributed by atoms with Gasteiger partial charge in [-0.2, -0.15) is 13.2 Å². The van der Waals surface area contributed by atoms with Crippen LogP contribution in [0.1, 0.15) is 42.5 Å². The molecule has 2 aliphatic heterocycles. The molecule has 2 bridgehead atoms. The minimum atomic E-state index is -4.39. The van der Waals surface area contributed by atoms with Crippen LogP contribution in [0, 0.1) is 0 Å². The van der Waals surface area contributed by atoms with Crippen molar-refractivity contribution in [2.75, 3.05) is 0 Å². The summed E-state index contributed by atoms with van der Waals surface area (Å²) in [6.07, 6.45) is 3.53. The summed E-state index contributed by atoms with van der Waals surface area (Å²) in [6, 6.07) is 13.9. The van der Waals surface area contributed by atoms with Crippen LogP contribution < -0.4 is 0 Å². The normalized spacial score (nSPS) is 23.6. The zero-order chi connectivity index (χ0) is 18.1.